The number of ketones is 1. The summed E-state index contributed by atoms with van der Waals surface area (Å²) in [6.45, 7) is 1.06. The highest BCUT2D eigenvalue weighted by Crippen LogP contribution is 2.21. The van der Waals surface area contributed by atoms with Gasteiger partial charge >= 0.3 is 0 Å². The van der Waals surface area contributed by atoms with E-state index in [9.17, 15) is 4.79 Å². The molecule has 2 N–H and O–H groups in total. The predicted octanol–water partition coefficient (Wildman–Crippen LogP) is 0.167. The van der Waals surface area contributed by atoms with Gasteiger partial charge in [-0.2, -0.15) is 0 Å². The number of carbonyl (C=O) groups excluding carboxylic acids is 1. The molecule has 5 nitrogen and oxygen atoms in total. The zero-order valence-corrected chi connectivity index (χ0v) is 8.35. The number of hydrogen-bond acceptors (Lipinski definition) is 5. The van der Waals surface area contributed by atoms with Crippen molar-refractivity contribution in [2.24, 2.45) is 5.73 Å². The Morgan fingerprint density at radius 1 is 1.40 bits per heavy atom. The number of nitrogens with two attached hydrogens (primary N) is 1. The van der Waals surface area contributed by atoms with E-state index in [1.165, 1.54) is 18.6 Å². The van der Waals surface area contributed by atoms with E-state index in [1.807, 2.05) is 0 Å². The minimum atomic E-state index is -0.825. The molecular weight excluding hydrogens is 194 g/mol. The Morgan fingerprint density at radius 2 is 2.13 bits per heavy atom. The fourth-order valence-corrected chi connectivity index (χ4v) is 1.63. The molecule has 5 heteroatoms. The van der Waals surface area contributed by atoms with Gasteiger partial charge in [0.1, 0.15) is 5.69 Å². The summed E-state index contributed by atoms with van der Waals surface area (Å²) in [5.41, 5.74) is 5.55. The molecule has 0 aliphatic carbocycles. The molecule has 0 spiro atoms. The smallest absolute Gasteiger partial charge is 0.202 e. The van der Waals surface area contributed by atoms with Crippen LogP contribution in [0.25, 0.3) is 0 Å². The molecule has 1 fully saturated rings. The SMILES string of the molecule is NC1(C(=O)c2cnccn2)CCOCC1. The van der Waals surface area contributed by atoms with E-state index in [1.54, 1.807) is 0 Å². The summed E-state index contributed by atoms with van der Waals surface area (Å²) in [6.07, 6.45) is 5.57. The highest BCUT2D eigenvalue weighted by Gasteiger charge is 2.37. The average molecular weight is 207 g/mol. The van der Waals surface area contributed by atoms with Crippen LogP contribution in [0, 0.1) is 0 Å². The van der Waals surface area contributed by atoms with Crippen LogP contribution in [0.15, 0.2) is 18.6 Å². The topological polar surface area (TPSA) is 78.1 Å². The van der Waals surface area contributed by atoms with Crippen molar-refractivity contribution in [1.82, 2.24) is 9.97 Å². The normalized spacial score (nSPS) is 19.8. The Kier molecular flexibility index (Phi) is 2.75. The third kappa shape index (κ3) is 2.03. The standard InChI is InChI=1S/C10H13N3O2/c11-10(1-5-15-6-2-10)9(14)8-7-12-3-4-13-8/h3-4,7H,1-2,5-6,11H2. The minimum absolute atomic E-state index is 0.140. The Morgan fingerprint density at radius 3 is 2.73 bits per heavy atom. The van der Waals surface area contributed by atoms with Crippen molar-refractivity contribution < 1.29 is 9.53 Å². The quantitative estimate of drug-likeness (QED) is 0.699. The van der Waals surface area contributed by atoms with Crippen LogP contribution in [0.4, 0.5) is 0 Å². The number of ether oxygens (including phenoxy) is 1. The van der Waals surface area contributed by atoms with Crippen LogP contribution in [0.5, 0.6) is 0 Å². The van der Waals surface area contributed by atoms with Crippen molar-refractivity contribution in [3.63, 3.8) is 0 Å². The molecule has 80 valence electrons. The van der Waals surface area contributed by atoms with Gasteiger partial charge in [0.25, 0.3) is 0 Å². The van der Waals surface area contributed by atoms with Gasteiger partial charge in [0.2, 0.25) is 5.78 Å². The molecule has 1 saturated heterocycles. The van der Waals surface area contributed by atoms with Crippen LogP contribution in [-0.2, 0) is 4.74 Å². The van der Waals surface area contributed by atoms with E-state index >= 15 is 0 Å². The van der Waals surface area contributed by atoms with Gasteiger partial charge in [-0.1, -0.05) is 0 Å². The minimum Gasteiger partial charge on any atom is -0.381 e. The Labute approximate surface area is 87.7 Å². The summed E-state index contributed by atoms with van der Waals surface area (Å²) in [7, 11) is 0. The van der Waals surface area contributed by atoms with Crippen LogP contribution in [-0.4, -0.2) is 34.5 Å². The van der Waals surface area contributed by atoms with Gasteiger partial charge in [-0.05, 0) is 12.8 Å². The molecule has 1 aromatic heterocycles. The van der Waals surface area contributed by atoms with Crippen molar-refractivity contribution in [2.75, 3.05) is 13.2 Å². The summed E-state index contributed by atoms with van der Waals surface area (Å²) < 4.78 is 5.18. The fourth-order valence-electron chi connectivity index (χ4n) is 1.63. The predicted molar refractivity (Wildman–Crippen MR) is 53.3 cm³/mol. The molecule has 2 rings (SSSR count). The first-order chi connectivity index (χ1) is 7.22. The number of carbonyl (C=O) groups is 1. The van der Waals surface area contributed by atoms with Crippen molar-refractivity contribution in [3.05, 3.63) is 24.3 Å². The summed E-state index contributed by atoms with van der Waals surface area (Å²) >= 11 is 0. The lowest BCUT2D eigenvalue weighted by Gasteiger charge is -2.31. The molecule has 0 amide bonds. The second-order valence-corrected chi connectivity index (χ2v) is 3.69. The number of rotatable bonds is 2. The molecule has 0 saturated carbocycles. The maximum Gasteiger partial charge on any atom is 0.202 e. The molecule has 1 aliphatic heterocycles. The molecule has 1 aliphatic rings. The second-order valence-electron chi connectivity index (χ2n) is 3.69. The van der Waals surface area contributed by atoms with Gasteiger partial charge in [-0.25, -0.2) is 4.98 Å². The fraction of sp³-hybridized carbons (Fsp3) is 0.500. The number of Topliss-reactive ketones (excluding diaryl/α,β-unsaturated/α-hetero) is 1. The van der Waals surface area contributed by atoms with E-state index in [-0.39, 0.29) is 5.78 Å². The molecule has 0 atom stereocenters. The van der Waals surface area contributed by atoms with Gasteiger partial charge in [0.05, 0.1) is 11.7 Å². The largest absolute Gasteiger partial charge is 0.381 e. The lowest BCUT2D eigenvalue weighted by Crippen LogP contribution is -2.52. The van der Waals surface area contributed by atoms with Crippen LogP contribution in [0.3, 0.4) is 0 Å². The third-order valence-corrected chi connectivity index (χ3v) is 2.63. The number of hydrogen-bond donors (Lipinski definition) is 1. The van der Waals surface area contributed by atoms with E-state index in [2.05, 4.69) is 9.97 Å². The molecule has 15 heavy (non-hydrogen) atoms. The third-order valence-electron chi connectivity index (χ3n) is 2.63. The summed E-state index contributed by atoms with van der Waals surface area (Å²) in [5, 5.41) is 0. The maximum absolute atomic E-state index is 12.0. The van der Waals surface area contributed by atoms with Crippen LogP contribution in [0.2, 0.25) is 0 Å². The van der Waals surface area contributed by atoms with Gasteiger partial charge < -0.3 is 10.5 Å². The average Bonchev–Trinajstić information content (AvgIpc) is 2.30. The Balaban J connectivity index is 2.20. The van der Waals surface area contributed by atoms with Crippen molar-refractivity contribution in [1.29, 1.82) is 0 Å². The summed E-state index contributed by atoms with van der Waals surface area (Å²) in [5.74, 6) is -0.140. The number of nitrogens with zero attached hydrogens (tertiary/aromatic N) is 2. The second kappa shape index (κ2) is 4.04. The van der Waals surface area contributed by atoms with E-state index in [4.69, 9.17) is 10.5 Å². The lowest BCUT2D eigenvalue weighted by atomic mass is 9.85. The lowest BCUT2D eigenvalue weighted by molar-refractivity contribution is 0.0444. The number of aromatic nitrogens is 2. The zero-order chi connectivity index (χ0) is 10.7. The molecule has 0 unspecified atom stereocenters. The van der Waals surface area contributed by atoms with E-state index in [0.717, 1.165) is 0 Å². The molecule has 2 heterocycles. The first-order valence-electron chi connectivity index (χ1n) is 4.90. The molecule has 0 aromatic carbocycles. The molecular formula is C10H13N3O2. The molecule has 0 bridgehead atoms. The first kappa shape index (κ1) is 10.2. The Hall–Kier alpha value is -1.33. The van der Waals surface area contributed by atoms with E-state index < -0.39 is 5.54 Å². The van der Waals surface area contributed by atoms with Crippen molar-refractivity contribution in [2.45, 2.75) is 18.4 Å². The zero-order valence-electron chi connectivity index (χ0n) is 8.35. The molecule has 0 radical (unpaired) electrons. The van der Waals surface area contributed by atoms with Gasteiger partial charge in [0, 0.05) is 25.6 Å². The van der Waals surface area contributed by atoms with Gasteiger partial charge in [0.15, 0.2) is 0 Å². The van der Waals surface area contributed by atoms with Crippen LogP contribution in [0.1, 0.15) is 23.3 Å². The highest BCUT2D eigenvalue weighted by atomic mass is 16.5. The first-order valence-corrected chi connectivity index (χ1v) is 4.90. The summed E-state index contributed by atoms with van der Waals surface area (Å²) in [6, 6.07) is 0. The molecule has 1 aromatic rings. The van der Waals surface area contributed by atoms with Crippen molar-refractivity contribution in [3.8, 4) is 0 Å². The van der Waals surface area contributed by atoms with E-state index in [0.29, 0.717) is 31.7 Å². The summed E-state index contributed by atoms with van der Waals surface area (Å²) in [4.78, 5) is 19.9. The van der Waals surface area contributed by atoms with Crippen LogP contribution < -0.4 is 5.73 Å². The Bertz CT molecular complexity index is 347. The van der Waals surface area contributed by atoms with Gasteiger partial charge in [-0.3, -0.25) is 9.78 Å². The van der Waals surface area contributed by atoms with Gasteiger partial charge in [-0.15, -0.1) is 0 Å². The van der Waals surface area contributed by atoms with Crippen molar-refractivity contribution >= 4 is 5.78 Å². The maximum atomic E-state index is 12.0. The van der Waals surface area contributed by atoms with Crippen LogP contribution >= 0.6 is 0 Å². The highest BCUT2D eigenvalue weighted by molar-refractivity contribution is 6.01. The monoisotopic (exact) mass is 207 g/mol.